The predicted molar refractivity (Wildman–Crippen MR) is 40.9 cm³/mol. The fourth-order valence-electron chi connectivity index (χ4n) is 0.928. The molecule has 0 radical (unpaired) electrons. The molecule has 0 saturated heterocycles. The molecule has 0 nitrogen and oxygen atoms in total. The van der Waals surface area contributed by atoms with Crippen molar-refractivity contribution < 1.29 is 26.2 Å². The van der Waals surface area contributed by atoms with Gasteiger partial charge < -0.3 is 0 Å². The van der Waals surface area contributed by atoms with Crippen molar-refractivity contribution in [1.82, 2.24) is 0 Å². The second-order valence-electron chi connectivity index (χ2n) is 2.00. The van der Waals surface area contributed by atoms with Crippen LogP contribution in [-0.2, 0) is 26.2 Å². The van der Waals surface area contributed by atoms with E-state index in [1.54, 1.807) is 3.27 Å². The molecule has 1 aromatic rings. The molecule has 0 N–H and O–H groups in total. The minimum atomic E-state index is -0.558. The number of fused-ring (bicyclic) bond motifs is 1. The maximum absolute atomic E-state index is 3.36. The summed E-state index contributed by atoms with van der Waals surface area (Å²) in [5.41, 5.74) is 1.42. The van der Waals surface area contributed by atoms with E-state index in [9.17, 15) is 0 Å². The van der Waals surface area contributed by atoms with Crippen LogP contribution in [0.5, 0.6) is 0 Å². The quantitative estimate of drug-likeness (QED) is 0.439. The van der Waals surface area contributed by atoms with Gasteiger partial charge in [-0.1, -0.05) is 0 Å². The van der Waals surface area contributed by atoms with Gasteiger partial charge in [0.15, 0.2) is 0 Å². The van der Waals surface area contributed by atoms with E-state index in [0.29, 0.717) is 0 Å². The summed E-state index contributed by atoms with van der Waals surface area (Å²) in [5, 5.41) is 0. The largest absolute Gasteiger partial charge is 0 e. The van der Waals surface area contributed by atoms with Gasteiger partial charge in [-0.15, -0.1) is 0 Å². The molecular weight excluding hydrogens is 396 g/mol. The molecule has 10 heavy (non-hydrogen) atoms. The molecule has 2 rings (SSSR count). The molecule has 0 bridgehead atoms. The maximum Gasteiger partial charge on any atom is 0 e. The van der Waals surface area contributed by atoms with Crippen molar-refractivity contribution in [3.8, 4) is 0 Å². The summed E-state index contributed by atoms with van der Waals surface area (Å²) in [6, 6.07) is 8.61. The molecule has 0 fully saturated rings. The molecule has 0 aromatic heterocycles. The van der Waals surface area contributed by atoms with Crippen LogP contribution in [0.15, 0.2) is 24.3 Å². The van der Waals surface area contributed by atoms with Gasteiger partial charge >= 0.3 is 66.2 Å². The number of benzene rings is 1. The summed E-state index contributed by atoms with van der Waals surface area (Å²) in [6.45, 7) is 0. The maximum atomic E-state index is 3.36. The monoisotopic (exact) mass is 401 g/mol. The molecule has 0 atom stereocenters. The van der Waals surface area contributed by atoms with Crippen molar-refractivity contribution in [2.75, 3.05) is 0 Å². The Morgan fingerprint density at radius 1 is 1.20 bits per heavy atom. The van der Waals surface area contributed by atoms with Crippen LogP contribution in [0.1, 0.15) is 5.56 Å². The molecule has 1 aliphatic heterocycles. The van der Waals surface area contributed by atoms with Gasteiger partial charge in [-0.25, -0.2) is 0 Å². The van der Waals surface area contributed by atoms with Gasteiger partial charge in [-0.05, 0) is 0 Å². The first-order valence-corrected chi connectivity index (χ1v) is 6.79. The first-order chi connectivity index (χ1) is 4.47. The second kappa shape index (κ2) is 3.93. The van der Waals surface area contributed by atoms with E-state index in [1.807, 2.05) is 0 Å². The minimum absolute atomic E-state index is 0. The van der Waals surface area contributed by atoms with Crippen LogP contribution in [0.3, 0.4) is 0 Å². The van der Waals surface area contributed by atoms with E-state index in [4.69, 9.17) is 0 Å². The molecule has 0 amide bonds. The summed E-state index contributed by atoms with van der Waals surface area (Å²) in [7, 11) is 0. The Morgan fingerprint density at radius 3 is 2.80 bits per heavy atom. The Hall–Kier alpha value is 0.726. The fourth-order valence-corrected chi connectivity index (χ4v) is 4.28. The van der Waals surface area contributed by atoms with E-state index < -0.39 is 23.2 Å². The average Bonchev–Trinajstić information content (AvgIpc) is 2.33. The van der Waals surface area contributed by atoms with E-state index in [2.05, 4.69) is 34.1 Å². The fraction of sp³-hybridized carbons (Fsp3) is 0. The smallest absolute Gasteiger partial charge is 0 e. The van der Waals surface area contributed by atoms with Crippen LogP contribution in [0, 0.1) is 3.78 Å². The van der Waals surface area contributed by atoms with E-state index in [1.165, 1.54) is 5.56 Å². The van der Waals surface area contributed by atoms with Gasteiger partial charge in [0, 0.05) is 26.2 Å². The van der Waals surface area contributed by atoms with Gasteiger partial charge in [0.2, 0.25) is 0 Å². The zero-order valence-electron chi connectivity index (χ0n) is 5.39. The summed E-state index contributed by atoms with van der Waals surface area (Å²) in [4.78, 5) is 0. The molecule has 0 aliphatic carbocycles. The predicted octanol–water partition coefficient (Wildman–Crippen LogP) is 0.533. The third-order valence-electron chi connectivity index (χ3n) is 1.40. The van der Waals surface area contributed by atoms with Crippen molar-refractivity contribution >= 4 is 32.6 Å². The van der Waals surface area contributed by atoms with Crippen LogP contribution in [-0.4, -0.2) is 23.2 Å². The molecule has 2 heteroatoms. The van der Waals surface area contributed by atoms with Crippen LogP contribution in [0.25, 0.3) is 6.08 Å². The molecule has 0 spiro atoms. The van der Waals surface area contributed by atoms with Crippen molar-refractivity contribution in [3.05, 3.63) is 33.6 Å². The first-order valence-electron chi connectivity index (χ1n) is 2.90. The molecular formula is C8H6BiZr-. The Kier molecular flexibility index (Phi) is 3.47. The van der Waals surface area contributed by atoms with Crippen LogP contribution in [0.2, 0.25) is 0 Å². The molecule has 1 aliphatic rings. The Bertz CT molecular complexity index is 255. The standard InChI is InChI=1S/C8H5.Bi.Zr.H/c1-2-8-6-4-3-5-7-8;;;/h2-6H;;;/q-1;;;. The van der Waals surface area contributed by atoms with Crippen LogP contribution >= 0.6 is 0 Å². The molecule has 0 saturated carbocycles. The zero-order valence-corrected chi connectivity index (χ0v) is 11.7. The van der Waals surface area contributed by atoms with Crippen LogP contribution in [0.4, 0.5) is 0 Å². The second-order valence-corrected chi connectivity index (χ2v) is 6.19. The number of hydrogen-bond donors (Lipinski definition) is 0. The van der Waals surface area contributed by atoms with Gasteiger partial charge in [0.1, 0.15) is 0 Å². The van der Waals surface area contributed by atoms with Crippen molar-refractivity contribution in [2.45, 2.75) is 0 Å². The van der Waals surface area contributed by atoms with E-state index in [-0.39, 0.29) is 26.2 Å². The van der Waals surface area contributed by atoms with E-state index in [0.717, 1.165) is 0 Å². The number of rotatable bonds is 0. The van der Waals surface area contributed by atoms with Gasteiger partial charge in [0.25, 0.3) is 0 Å². The Morgan fingerprint density at radius 2 is 2.00 bits per heavy atom. The van der Waals surface area contributed by atoms with Crippen LogP contribution < -0.4 is 3.27 Å². The van der Waals surface area contributed by atoms with E-state index >= 15 is 0 Å². The third-order valence-corrected chi connectivity index (χ3v) is 5.33. The Balaban J connectivity index is 0.000000500. The first kappa shape index (κ1) is 8.82. The summed E-state index contributed by atoms with van der Waals surface area (Å²) >= 11 is -0.558. The number of hydrogen-bond acceptors (Lipinski definition) is 0. The molecule has 1 aromatic carbocycles. The third kappa shape index (κ3) is 1.66. The van der Waals surface area contributed by atoms with Crippen molar-refractivity contribution in [2.24, 2.45) is 0 Å². The SMILES string of the molecule is [C-]1=Cc2cccc[c]2[BiH]1.[Zr]. The molecule has 1 heterocycles. The normalized spacial score (nSPS) is 12.4. The van der Waals surface area contributed by atoms with Gasteiger partial charge in [-0.3, -0.25) is 0 Å². The van der Waals surface area contributed by atoms with Gasteiger partial charge in [0.05, 0.1) is 0 Å². The Labute approximate surface area is 91.4 Å². The minimum Gasteiger partial charge on any atom is 0 e. The molecule has 0 unspecified atom stereocenters. The zero-order chi connectivity index (χ0) is 6.10. The van der Waals surface area contributed by atoms with Crippen molar-refractivity contribution in [3.63, 3.8) is 0 Å². The van der Waals surface area contributed by atoms with Crippen molar-refractivity contribution in [1.29, 1.82) is 0 Å². The summed E-state index contributed by atoms with van der Waals surface area (Å²) < 4.78 is 4.95. The topological polar surface area (TPSA) is 0 Å². The average molecular weight is 402 g/mol. The molecule has 48 valence electrons. The van der Waals surface area contributed by atoms with Gasteiger partial charge in [-0.2, -0.15) is 0 Å². The summed E-state index contributed by atoms with van der Waals surface area (Å²) in [5.74, 6) is 0. The summed E-state index contributed by atoms with van der Waals surface area (Å²) in [6.07, 6.45) is 2.14.